The number of amides is 1. The van der Waals surface area contributed by atoms with Gasteiger partial charge in [0.1, 0.15) is 23.4 Å². The number of nitrogens with one attached hydrogen (secondary N) is 1. The van der Waals surface area contributed by atoms with Crippen molar-refractivity contribution in [3.63, 3.8) is 0 Å². The number of nitrogens with two attached hydrogens (primary N) is 1. The minimum Gasteiger partial charge on any atom is -0.453 e. The summed E-state index contributed by atoms with van der Waals surface area (Å²) in [6.45, 7) is 11.6. The fourth-order valence-electron chi connectivity index (χ4n) is 6.15. The molecule has 1 aromatic carbocycles. The van der Waals surface area contributed by atoms with E-state index in [2.05, 4.69) is 32.1 Å². The molecule has 2 aromatic heterocycles. The molecule has 5 heterocycles. The van der Waals surface area contributed by atoms with Crippen molar-refractivity contribution in [2.24, 2.45) is 5.41 Å². The van der Waals surface area contributed by atoms with Crippen molar-refractivity contribution in [3.05, 3.63) is 18.5 Å². The number of hydrogen-bond donors (Lipinski definition) is 2. The molecule has 6 rings (SSSR count). The Balaban J connectivity index is 1.23. The Labute approximate surface area is 240 Å². The van der Waals surface area contributed by atoms with Gasteiger partial charge in [-0.05, 0) is 97.2 Å². The van der Waals surface area contributed by atoms with Crippen molar-refractivity contribution in [1.29, 1.82) is 0 Å². The largest absolute Gasteiger partial charge is 0.453 e. The lowest BCUT2D eigenvalue weighted by Gasteiger charge is -2.46. The van der Waals surface area contributed by atoms with Crippen molar-refractivity contribution in [2.45, 2.75) is 58.6 Å². The zero-order valence-electron chi connectivity index (χ0n) is 24.4. The number of ether oxygens (including phenoxy) is 3. The second kappa shape index (κ2) is 10.6. The van der Waals surface area contributed by atoms with E-state index in [0.717, 1.165) is 19.6 Å². The second-order valence-electron chi connectivity index (χ2n) is 12.5. The van der Waals surface area contributed by atoms with E-state index in [-0.39, 0.29) is 6.79 Å². The van der Waals surface area contributed by atoms with Crippen molar-refractivity contribution in [1.82, 2.24) is 29.5 Å². The fourth-order valence-corrected chi connectivity index (χ4v) is 6.15. The maximum atomic E-state index is 12.4. The first-order valence-electron chi connectivity index (χ1n) is 14.4. The molecule has 0 radical (unpaired) electrons. The predicted octanol–water partition coefficient (Wildman–Crippen LogP) is 3.96. The van der Waals surface area contributed by atoms with Crippen LogP contribution in [0, 0.1) is 5.41 Å². The van der Waals surface area contributed by atoms with Crippen molar-refractivity contribution < 1.29 is 19.0 Å². The van der Waals surface area contributed by atoms with Crippen LogP contribution in [-0.2, 0) is 11.3 Å². The summed E-state index contributed by atoms with van der Waals surface area (Å²) >= 11 is 0. The van der Waals surface area contributed by atoms with Crippen LogP contribution in [0.5, 0.6) is 11.5 Å². The van der Waals surface area contributed by atoms with Gasteiger partial charge in [0.15, 0.2) is 17.1 Å². The van der Waals surface area contributed by atoms with Crippen LogP contribution in [-0.4, -0.2) is 87.8 Å². The molecule has 2 fully saturated rings. The number of piperidine rings is 2. The molecule has 12 heteroatoms. The highest BCUT2D eigenvalue weighted by Crippen LogP contribution is 2.48. The van der Waals surface area contributed by atoms with E-state index in [1.807, 2.05) is 31.5 Å². The summed E-state index contributed by atoms with van der Waals surface area (Å²) in [7, 11) is 2.23. The van der Waals surface area contributed by atoms with Gasteiger partial charge in [-0.1, -0.05) is 0 Å². The number of nitrogens with zero attached hydrogens (tertiary/aromatic N) is 6. The maximum Gasteiger partial charge on any atom is 0.412 e. The van der Waals surface area contributed by atoms with E-state index in [0.29, 0.717) is 57.3 Å². The Hall–Kier alpha value is -3.64. The zero-order chi connectivity index (χ0) is 28.8. The third-order valence-electron chi connectivity index (χ3n) is 8.56. The first-order valence-corrected chi connectivity index (χ1v) is 14.4. The predicted molar refractivity (Wildman–Crippen MR) is 156 cm³/mol. The zero-order valence-corrected chi connectivity index (χ0v) is 24.4. The van der Waals surface area contributed by atoms with Gasteiger partial charge >= 0.3 is 6.09 Å². The van der Waals surface area contributed by atoms with Gasteiger partial charge in [0, 0.05) is 12.1 Å². The Morgan fingerprint density at radius 3 is 2.49 bits per heavy atom. The lowest BCUT2D eigenvalue weighted by Crippen LogP contribution is -2.46. The molecule has 0 atom stereocenters. The lowest BCUT2D eigenvalue weighted by molar-refractivity contribution is 0.0415. The van der Waals surface area contributed by atoms with Crippen LogP contribution in [0.25, 0.3) is 22.3 Å². The number of fused-ring (bicyclic) bond motifs is 2. The molecular formula is C29H40N8O4. The lowest BCUT2D eigenvalue weighted by atomic mass is 9.71. The molecule has 3 aliphatic heterocycles. The van der Waals surface area contributed by atoms with Crippen LogP contribution in [0.4, 0.5) is 16.3 Å². The molecule has 3 aromatic rings. The summed E-state index contributed by atoms with van der Waals surface area (Å²) in [6.07, 6.45) is 6.03. The quantitative estimate of drug-likeness (QED) is 0.469. The van der Waals surface area contributed by atoms with Crippen LogP contribution >= 0.6 is 0 Å². The van der Waals surface area contributed by atoms with E-state index in [9.17, 15) is 4.79 Å². The molecule has 220 valence electrons. The van der Waals surface area contributed by atoms with E-state index >= 15 is 0 Å². The summed E-state index contributed by atoms with van der Waals surface area (Å²) in [6, 6.07) is 3.59. The molecule has 12 nitrogen and oxygen atoms in total. The summed E-state index contributed by atoms with van der Waals surface area (Å²) in [5.41, 5.74) is 8.71. The summed E-state index contributed by atoms with van der Waals surface area (Å²) in [5, 5.41) is 8.40. The maximum absolute atomic E-state index is 12.4. The molecule has 1 amide bonds. The van der Waals surface area contributed by atoms with Gasteiger partial charge < -0.3 is 29.7 Å². The van der Waals surface area contributed by atoms with Gasteiger partial charge in [0.25, 0.3) is 0 Å². The highest BCUT2D eigenvalue weighted by atomic mass is 16.7. The molecule has 1 spiro atoms. The van der Waals surface area contributed by atoms with Gasteiger partial charge in [-0.2, -0.15) is 5.10 Å². The number of hydrogen-bond acceptors (Lipinski definition) is 10. The number of nitrogen functional groups attached to an aromatic ring is 1. The molecule has 0 unspecified atom stereocenters. The molecular weight excluding hydrogens is 524 g/mol. The molecule has 41 heavy (non-hydrogen) atoms. The normalized spacial score (nSPS) is 19.1. The average Bonchev–Trinajstić information content (AvgIpc) is 3.56. The van der Waals surface area contributed by atoms with E-state index in [1.54, 1.807) is 6.07 Å². The first-order chi connectivity index (χ1) is 19.6. The smallest absolute Gasteiger partial charge is 0.412 e. The summed E-state index contributed by atoms with van der Waals surface area (Å²) < 4.78 is 18.9. The third-order valence-corrected chi connectivity index (χ3v) is 8.56. The Bertz CT molecular complexity index is 1430. The first kappa shape index (κ1) is 27.5. The van der Waals surface area contributed by atoms with Gasteiger partial charge in [-0.25, -0.2) is 19.4 Å². The van der Waals surface area contributed by atoms with E-state index in [4.69, 9.17) is 25.0 Å². The summed E-state index contributed by atoms with van der Waals surface area (Å²) in [4.78, 5) is 26.2. The number of rotatable bonds is 5. The molecule has 0 bridgehead atoms. The number of anilines is 2. The topological polar surface area (TPSA) is 133 Å². The van der Waals surface area contributed by atoms with Gasteiger partial charge in [0.2, 0.25) is 6.79 Å². The number of carbonyl (C=O) groups excluding carboxylic acids is 1. The monoisotopic (exact) mass is 564 g/mol. The number of likely N-dealkylation sites (tertiary alicyclic amines) is 2. The minimum absolute atomic E-state index is 0.0205. The Morgan fingerprint density at radius 2 is 1.76 bits per heavy atom. The highest BCUT2D eigenvalue weighted by molar-refractivity contribution is 6.01. The molecule has 0 saturated carbocycles. The van der Waals surface area contributed by atoms with Crippen LogP contribution in [0.2, 0.25) is 0 Å². The number of aromatic nitrogens is 4. The fraction of sp³-hybridized carbons (Fsp3) is 0.586. The Morgan fingerprint density at radius 1 is 1.05 bits per heavy atom. The second-order valence-corrected chi connectivity index (χ2v) is 12.5. The van der Waals surface area contributed by atoms with Crippen LogP contribution in [0.1, 0.15) is 46.5 Å². The molecule has 0 aliphatic carbocycles. The molecule has 3 aliphatic rings. The van der Waals surface area contributed by atoms with Crippen LogP contribution in [0.3, 0.4) is 0 Å². The number of carbonyl (C=O) groups is 1. The standard InChI is InChI=1S/C29H40N8O4/c1-28(2,3)41-27(38)33-20-6-5-19(23-24(20)40-18-39-23)22-21-25(30)31-17-32-26(21)37(34-22)16-15-36-13-9-29(10-14-36)7-11-35(4)12-8-29/h5-6,17H,7-16,18H2,1-4H3,(H,33,38)(H2,30,31,32). The van der Waals surface area contributed by atoms with E-state index in [1.165, 1.54) is 45.1 Å². The number of benzene rings is 1. The van der Waals surface area contributed by atoms with Gasteiger partial charge in [-0.3, -0.25) is 5.32 Å². The summed E-state index contributed by atoms with van der Waals surface area (Å²) in [5.74, 6) is 1.25. The van der Waals surface area contributed by atoms with Crippen LogP contribution in [0.15, 0.2) is 18.5 Å². The van der Waals surface area contributed by atoms with E-state index < -0.39 is 11.7 Å². The minimum atomic E-state index is -0.629. The highest BCUT2D eigenvalue weighted by Gasteiger charge is 2.37. The van der Waals surface area contributed by atoms with Crippen LogP contribution < -0.4 is 20.5 Å². The van der Waals surface area contributed by atoms with Crippen molar-refractivity contribution in [3.8, 4) is 22.8 Å². The van der Waals surface area contributed by atoms with Gasteiger partial charge in [-0.15, -0.1) is 0 Å². The van der Waals surface area contributed by atoms with Crippen molar-refractivity contribution in [2.75, 3.05) is 57.6 Å². The Kier molecular flexibility index (Phi) is 7.14. The molecule has 3 N–H and O–H groups in total. The molecule has 2 saturated heterocycles. The average molecular weight is 565 g/mol. The SMILES string of the molecule is CN1CCC2(CC1)CCN(CCn1nc(-c3ccc(NC(=O)OC(C)(C)C)c4c3OCO4)c3c(N)ncnc31)CC2. The van der Waals surface area contributed by atoms with Crippen molar-refractivity contribution >= 4 is 28.6 Å². The third kappa shape index (κ3) is 5.62. The van der Waals surface area contributed by atoms with Gasteiger partial charge in [0.05, 0.1) is 17.6 Å².